The number of tetrazole rings is 1. The molecule has 204 valence electrons. The maximum atomic E-state index is 13.6. The minimum atomic E-state index is -0.520. The van der Waals surface area contributed by atoms with Crippen LogP contribution in [-0.4, -0.2) is 47.9 Å². The van der Waals surface area contributed by atoms with Crippen molar-refractivity contribution in [2.24, 2.45) is 4.99 Å². The fourth-order valence-corrected chi connectivity index (χ4v) is 6.03. The number of aliphatic imine (C=N–C) groups is 1. The molecule has 3 aromatic carbocycles. The lowest BCUT2D eigenvalue weighted by atomic mass is 9.92. The summed E-state index contributed by atoms with van der Waals surface area (Å²) in [6.07, 6.45) is 6.83. The number of aliphatic hydroxyl groups is 1. The Kier molecular flexibility index (Phi) is 7.26. The summed E-state index contributed by atoms with van der Waals surface area (Å²) in [5.41, 5.74) is 6.22. The van der Waals surface area contributed by atoms with Crippen molar-refractivity contribution in [3.8, 4) is 33.6 Å². The molecule has 0 saturated heterocycles. The third kappa shape index (κ3) is 4.84. The van der Waals surface area contributed by atoms with E-state index in [9.17, 15) is 9.90 Å². The predicted octanol–water partition coefficient (Wildman–Crippen LogP) is 5.94. The summed E-state index contributed by atoms with van der Waals surface area (Å²) >= 11 is 0. The molecule has 8 nitrogen and oxygen atoms in total. The van der Waals surface area contributed by atoms with E-state index >= 15 is 0 Å². The number of aliphatic hydroxyl groups excluding tert-OH is 1. The zero-order valence-electron chi connectivity index (χ0n) is 22.8. The maximum absolute atomic E-state index is 13.6. The van der Waals surface area contributed by atoms with Crippen LogP contribution in [0.4, 0.5) is 0 Å². The average Bonchev–Trinajstić information content (AvgIpc) is 3.76. The summed E-state index contributed by atoms with van der Waals surface area (Å²) in [6, 6.07) is 22.3. The number of aromatic amines is 1. The number of rotatable bonds is 9. The van der Waals surface area contributed by atoms with E-state index < -0.39 is 5.54 Å². The molecule has 1 spiro atoms. The monoisotopic (exact) mass is 534 g/mol. The molecule has 2 N–H and O–H groups in total. The van der Waals surface area contributed by atoms with Crippen molar-refractivity contribution in [3.63, 3.8) is 0 Å². The van der Waals surface area contributed by atoms with E-state index in [1.54, 1.807) is 0 Å². The summed E-state index contributed by atoms with van der Waals surface area (Å²) in [4.78, 5) is 20.5. The first-order chi connectivity index (χ1) is 19.6. The first kappa shape index (κ1) is 26.1. The summed E-state index contributed by atoms with van der Waals surface area (Å²) < 4.78 is 0. The smallest absolute Gasteiger partial charge is 0.256 e. The van der Waals surface area contributed by atoms with Gasteiger partial charge in [0, 0.05) is 12.0 Å². The number of carbonyl (C=O) groups is 1. The molecule has 1 aliphatic heterocycles. The third-order valence-corrected chi connectivity index (χ3v) is 8.19. The second-order valence-corrected chi connectivity index (χ2v) is 10.8. The molecule has 1 aliphatic carbocycles. The van der Waals surface area contributed by atoms with Gasteiger partial charge in [0.05, 0.1) is 13.2 Å². The normalized spacial score (nSPS) is 16.2. The van der Waals surface area contributed by atoms with Gasteiger partial charge in [-0.2, -0.15) is 5.21 Å². The fraction of sp³-hybridized carbons (Fsp3) is 0.344. The second-order valence-electron chi connectivity index (χ2n) is 10.8. The molecule has 1 aromatic heterocycles. The van der Waals surface area contributed by atoms with Crippen molar-refractivity contribution in [1.29, 1.82) is 0 Å². The van der Waals surface area contributed by atoms with Crippen molar-refractivity contribution in [2.45, 2.75) is 70.6 Å². The van der Waals surface area contributed by atoms with E-state index in [2.05, 4.69) is 57.9 Å². The van der Waals surface area contributed by atoms with Gasteiger partial charge in [-0.3, -0.25) is 14.7 Å². The van der Waals surface area contributed by atoms with E-state index in [0.717, 1.165) is 89.7 Å². The minimum absolute atomic E-state index is 0.0349. The third-order valence-electron chi connectivity index (χ3n) is 8.19. The largest absolute Gasteiger partial charge is 0.392 e. The van der Waals surface area contributed by atoms with E-state index in [1.807, 2.05) is 41.3 Å². The number of nitrogens with one attached hydrogen (secondary N) is 1. The van der Waals surface area contributed by atoms with Gasteiger partial charge < -0.3 is 5.11 Å². The van der Waals surface area contributed by atoms with Crippen LogP contribution in [0.5, 0.6) is 0 Å². The number of amides is 1. The van der Waals surface area contributed by atoms with Gasteiger partial charge in [0.1, 0.15) is 11.4 Å². The topological polar surface area (TPSA) is 107 Å². The van der Waals surface area contributed by atoms with Crippen LogP contribution in [0.2, 0.25) is 0 Å². The highest BCUT2D eigenvalue weighted by Gasteiger charge is 2.49. The summed E-state index contributed by atoms with van der Waals surface area (Å²) in [6.45, 7) is 2.67. The predicted molar refractivity (Wildman–Crippen MR) is 155 cm³/mol. The number of benzene rings is 3. The number of unbranched alkanes of at least 4 members (excludes halogenated alkanes) is 1. The molecule has 0 radical (unpaired) electrons. The molecule has 0 bridgehead atoms. The molecular weight excluding hydrogens is 500 g/mol. The van der Waals surface area contributed by atoms with Gasteiger partial charge in [-0.05, 0) is 70.0 Å². The van der Waals surface area contributed by atoms with Crippen LogP contribution >= 0.6 is 0 Å². The first-order valence-corrected chi connectivity index (χ1v) is 14.2. The Hall–Kier alpha value is -4.17. The standard InChI is InChI=1S/C32H34N6O2/c1-2-3-10-29-33-32(17-6-7-18-32)31(40)38(29)20-22-11-13-23(14-12-22)28-19-24(26-9-5-4-8-25(26)21-39)15-16-27(28)30-34-36-37-35-30/h4-5,8-9,11-16,19,39H,2-3,6-7,10,17-18,20-21H2,1H3,(H,34,35,36,37). The molecule has 0 atom stereocenters. The molecule has 0 unspecified atom stereocenters. The first-order valence-electron chi connectivity index (χ1n) is 14.2. The molecule has 4 aromatic rings. The highest BCUT2D eigenvalue weighted by atomic mass is 16.3. The van der Waals surface area contributed by atoms with Gasteiger partial charge in [0.15, 0.2) is 0 Å². The summed E-state index contributed by atoms with van der Waals surface area (Å²) in [7, 11) is 0. The molecule has 40 heavy (non-hydrogen) atoms. The lowest BCUT2D eigenvalue weighted by Gasteiger charge is -2.23. The Labute approximate surface area is 234 Å². The second kappa shape index (κ2) is 11.1. The van der Waals surface area contributed by atoms with Gasteiger partial charge in [0.2, 0.25) is 5.82 Å². The van der Waals surface area contributed by atoms with Crippen molar-refractivity contribution in [3.05, 3.63) is 77.9 Å². The van der Waals surface area contributed by atoms with Crippen LogP contribution in [0.25, 0.3) is 33.6 Å². The zero-order valence-corrected chi connectivity index (χ0v) is 22.8. The number of amidine groups is 1. The van der Waals surface area contributed by atoms with Crippen molar-refractivity contribution in [2.75, 3.05) is 0 Å². The van der Waals surface area contributed by atoms with Gasteiger partial charge in [0.25, 0.3) is 5.91 Å². The van der Waals surface area contributed by atoms with Crippen LogP contribution in [0.1, 0.15) is 63.0 Å². The van der Waals surface area contributed by atoms with Gasteiger partial charge >= 0.3 is 0 Å². The SMILES string of the molecule is CCCCC1=NC2(CCCC2)C(=O)N1Cc1ccc(-c2cc(-c3ccccc3CO)ccc2-c2nn[nH]n2)cc1. The summed E-state index contributed by atoms with van der Waals surface area (Å²) in [5, 5.41) is 24.7. The molecule has 8 heteroatoms. The molecule has 2 aliphatic rings. The van der Waals surface area contributed by atoms with Gasteiger partial charge in [-0.25, -0.2) is 0 Å². The van der Waals surface area contributed by atoms with E-state index in [0.29, 0.717) is 12.4 Å². The van der Waals surface area contributed by atoms with Crippen molar-refractivity contribution >= 4 is 11.7 Å². The lowest BCUT2D eigenvalue weighted by Crippen LogP contribution is -2.40. The van der Waals surface area contributed by atoms with E-state index in [4.69, 9.17) is 4.99 Å². The highest BCUT2D eigenvalue weighted by Crippen LogP contribution is 2.40. The molecule has 1 saturated carbocycles. The Balaban J connectivity index is 1.32. The number of hydrogen-bond acceptors (Lipinski definition) is 6. The number of carbonyl (C=O) groups excluding carboxylic acids is 1. The number of aromatic nitrogens is 4. The Morgan fingerprint density at radius 3 is 2.45 bits per heavy atom. The van der Waals surface area contributed by atoms with E-state index in [-0.39, 0.29) is 12.5 Å². The molecule has 1 fully saturated rings. The average molecular weight is 535 g/mol. The zero-order chi connectivity index (χ0) is 27.5. The number of nitrogens with zero attached hydrogens (tertiary/aromatic N) is 5. The summed E-state index contributed by atoms with van der Waals surface area (Å²) in [5.74, 6) is 1.64. The Morgan fingerprint density at radius 1 is 0.950 bits per heavy atom. The van der Waals surface area contributed by atoms with Gasteiger partial charge in [-0.15, -0.1) is 10.2 Å². The van der Waals surface area contributed by atoms with Crippen molar-refractivity contribution < 1.29 is 9.90 Å². The lowest BCUT2D eigenvalue weighted by molar-refractivity contribution is -0.131. The maximum Gasteiger partial charge on any atom is 0.256 e. The van der Waals surface area contributed by atoms with Crippen molar-refractivity contribution in [1.82, 2.24) is 25.5 Å². The number of hydrogen-bond donors (Lipinski definition) is 2. The quantitative estimate of drug-likeness (QED) is 0.276. The van der Waals surface area contributed by atoms with Crippen LogP contribution in [0, 0.1) is 0 Å². The Bertz CT molecular complexity index is 1520. The van der Waals surface area contributed by atoms with E-state index in [1.165, 1.54) is 0 Å². The molecule has 1 amide bonds. The highest BCUT2D eigenvalue weighted by molar-refractivity contribution is 6.08. The number of H-pyrrole nitrogens is 1. The molecule has 2 heterocycles. The minimum Gasteiger partial charge on any atom is -0.392 e. The van der Waals surface area contributed by atoms with Crippen LogP contribution < -0.4 is 0 Å². The molecule has 6 rings (SSSR count). The van der Waals surface area contributed by atoms with Crippen LogP contribution in [0.3, 0.4) is 0 Å². The van der Waals surface area contributed by atoms with Crippen LogP contribution in [0.15, 0.2) is 71.7 Å². The molecular formula is C32H34N6O2. The van der Waals surface area contributed by atoms with Gasteiger partial charge in [-0.1, -0.05) is 80.8 Å². The fourth-order valence-electron chi connectivity index (χ4n) is 6.03. The Morgan fingerprint density at radius 2 is 1.73 bits per heavy atom. The van der Waals surface area contributed by atoms with Crippen LogP contribution in [-0.2, 0) is 17.9 Å².